The first kappa shape index (κ1) is 14.7. The lowest BCUT2D eigenvalue weighted by Crippen LogP contribution is -2.41. The van der Waals surface area contributed by atoms with Crippen molar-refractivity contribution in [1.29, 1.82) is 0 Å². The van der Waals surface area contributed by atoms with E-state index in [1.807, 2.05) is 0 Å². The number of rotatable bonds is 4. The second kappa shape index (κ2) is 6.71. The van der Waals surface area contributed by atoms with E-state index in [2.05, 4.69) is 20.5 Å². The van der Waals surface area contributed by atoms with Crippen LogP contribution in [0.15, 0.2) is 12.3 Å². The molecular weight excluding hydrogens is 288 g/mol. The Morgan fingerprint density at radius 2 is 2.23 bits per heavy atom. The standard InChI is InChI=1S/C14H18N4O4/c19-12-9-22-14-11(17-12)7-10(8-16-14)13(20)15-1-2-18-3-5-21-6-4-18/h7-8H,1-6,9H2,(H,15,20)(H,17,19). The quantitative estimate of drug-likeness (QED) is 0.777. The summed E-state index contributed by atoms with van der Waals surface area (Å²) in [6.45, 7) is 4.54. The number of ether oxygens (including phenoxy) is 2. The first-order valence-corrected chi connectivity index (χ1v) is 7.23. The highest BCUT2D eigenvalue weighted by Gasteiger charge is 2.19. The van der Waals surface area contributed by atoms with Crippen LogP contribution in [0.25, 0.3) is 0 Å². The lowest BCUT2D eigenvalue weighted by molar-refractivity contribution is -0.118. The first-order valence-electron chi connectivity index (χ1n) is 7.23. The highest BCUT2D eigenvalue weighted by molar-refractivity contribution is 5.99. The molecule has 2 N–H and O–H groups in total. The largest absolute Gasteiger partial charge is 0.466 e. The fourth-order valence-electron chi connectivity index (χ4n) is 2.36. The molecule has 0 radical (unpaired) electrons. The van der Waals surface area contributed by atoms with Gasteiger partial charge in [0, 0.05) is 32.4 Å². The van der Waals surface area contributed by atoms with Gasteiger partial charge in [0.15, 0.2) is 6.61 Å². The Bertz CT molecular complexity index is 572. The second-order valence-electron chi connectivity index (χ2n) is 5.12. The van der Waals surface area contributed by atoms with Crippen LogP contribution >= 0.6 is 0 Å². The van der Waals surface area contributed by atoms with Crippen LogP contribution in [0, 0.1) is 0 Å². The van der Waals surface area contributed by atoms with Crippen LogP contribution in [0.4, 0.5) is 5.69 Å². The number of carbonyl (C=O) groups excluding carboxylic acids is 2. The van der Waals surface area contributed by atoms with Gasteiger partial charge >= 0.3 is 0 Å². The molecule has 0 unspecified atom stereocenters. The molecule has 1 saturated heterocycles. The van der Waals surface area contributed by atoms with Crippen molar-refractivity contribution in [2.45, 2.75) is 0 Å². The average Bonchev–Trinajstić information content (AvgIpc) is 2.55. The van der Waals surface area contributed by atoms with Crippen LogP contribution in [0.3, 0.4) is 0 Å². The highest BCUT2D eigenvalue weighted by atomic mass is 16.5. The molecule has 0 atom stereocenters. The normalized spacial score (nSPS) is 18.1. The van der Waals surface area contributed by atoms with E-state index in [1.165, 1.54) is 6.20 Å². The van der Waals surface area contributed by atoms with Gasteiger partial charge in [-0.25, -0.2) is 4.98 Å². The maximum absolute atomic E-state index is 12.1. The summed E-state index contributed by atoms with van der Waals surface area (Å²) in [6.07, 6.45) is 1.44. The summed E-state index contributed by atoms with van der Waals surface area (Å²) in [4.78, 5) is 29.7. The predicted octanol–water partition coefficient (Wildman–Crippen LogP) is -0.525. The molecule has 0 aliphatic carbocycles. The van der Waals surface area contributed by atoms with Crippen LogP contribution in [-0.2, 0) is 9.53 Å². The molecule has 1 aromatic rings. The van der Waals surface area contributed by atoms with Crippen LogP contribution in [0.5, 0.6) is 5.88 Å². The van der Waals surface area contributed by atoms with Crippen LogP contribution in [0.1, 0.15) is 10.4 Å². The van der Waals surface area contributed by atoms with Gasteiger partial charge in [0.25, 0.3) is 11.8 Å². The summed E-state index contributed by atoms with van der Waals surface area (Å²) < 4.78 is 10.4. The van der Waals surface area contributed by atoms with Gasteiger partial charge in [0.2, 0.25) is 5.88 Å². The van der Waals surface area contributed by atoms with Gasteiger partial charge in [0.1, 0.15) is 5.69 Å². The lowest BCUT2D eigenvalue weighted by atomic mass is 10.2. The van der Waals surface area contributed by atoms with Crippen molar-refractivity contribution in [1.82, 2.24) is 15.2 Å². The fraction of sp³-hybridized carbons (Fsp3) is 0.500. The van der Waals surface area contributed by atoms with E-state index in [9.17, 15) is 9.59 Å². The minimum absolute atomic E-state index is 0.0505. The van der Waals surface area contributed by atoms with Crippen LogP contribution in [0.2, 0.25) is 0 Å². The van der Waals surface area contributed by atoms with E-state index >= 15 is 0 Å². The third kappa shape index (κ3) is 3.52. The number of nitrogens with zero attached hydrogens (tertiary/aromatic N) is 2. The maximum Gasteiger partial charge on any atom is 0.262 e. The van der Waals surface area contributed by atoms with Crippen molar-refractivity contribution in [2.75, 3.05) is 51.3 Å². The van der Waals surface area contributed by atoms with Gasteiger partial charge in [-0.1, -0.05) is 0 Å². The minimum atomic E-state index is -0.251. The lowest BCUT2D eigenvalue weighted by Gasteiger charge is -2.26. The van der Waals surface area contributed by atoms with Crippen molar-refractivity contribution < 1.29 is 19.1 Å². The Morgan fingerprint density at radius 3 is 3.05 bits per heavy atom. The van der Waals surface area contributed by atoms with E-state index in [4.69, 9.17) is 9.47 Å². The number of hydrogen-bond acceptors (Lipinski definition) is 6. The smallest absolute Gasteiger partial charge is 0.262 e. The van der Waals surface area contributed by atoms with Crippen molar-refractivity contribution in [3.8, 4) is 5.88 Å². The molecule has 8 nitrogen and oxygen atoms in total. The first-order chi connectivity index (χ1) is 10.7. The fourth-order valence-corrected chi connectivity index (χ4v) is 2.36. The molecule has 8 heteroatoms. The Labute approximate surface area is 127 Å². The van der Waals surface area contributed by atoms with E-state index in [-0.39, 0.29) is 18.4 Å². The van der Waals surface area contributed by atoms with Gasteiger partial charge in [-0.05, 0) is 6.07 Å². The molecule has 118 valence electrons. The molecule has 1 fully saturated rings. The number of morpholine rings is 1. The molecule has 2 aliphatic heterocycles. The Kier molecular flexibility index (Phi) is 4.50. The van der Waals surface area contributed by atoms with Crippen molar-refractivity contribution in [3.05, 3.63) is 17.8 Å². The molecule has 2 aliphatic rings. The molecule has 0 bridgehead atoms. The number of aromatic nitrogens is 1. The number of nitrogens with one attached hydrogen (secondary N) is 2. The van der Waals surface area contributed by atoms with Crippen LogP contribution in [-0.4, -0.2) is 67.7 Å². The zero-order valence-corrected chi connectivity index (χ0v) is 12.1. The summed E-state index contributed by atoms with van der Waals surface area (Å²) >= 11 is 0. The molecule has 2 amide bonds. The van der Waals surface area contributed by atoms with Gasteiger partial charge < -0.3 is 20.1 Å². The summed E-state index contributed by atoms with van der Waals surface area (Å²) in [5.41, 5.74) is 0.823. The Morgan fingerprint density at radius 1 is 1.41 bits per heavy atom. The maximum atomic E-state index is 12.1. The molecule has 0 aromatic carbocycles. The minimum Gasteiger partial charge on any atom is -0.466 e. The molecule has 3 heterocycles. The SMILES string of the molecule is O=C1COc2ncc(C(=O)NCCN3CCOCC3)cc2N1. The van der Waals surface area contributed by atoms with Gasteiger partial charge in [-0.3, -0.25) is 14.5 Å². The highest BCUT2D eigenvalue weighted by Crippen LogP contribution is 2.25. The van der Waals surface area contributed by atoms with Crippen molar-refractivity contribution in [2.24, 2.45) is 0 Å². The van der Waals surface area contributed by atoms with E-state index < -0.39 is 0 Å². The van der Waals surface area contributed by atoms with Gasteiger partial charge in [-0.2, -0.15) is 0 Å². The summed E-state index contributed by atoms with van der Waals surface area (Å²) in [5, 5.41) is 5.48. The summed E-state index contributed by atoms with van der Waals surface area (Å²) in [5.74, 6) is -0.132. The number of hydrogen-bond donors (Lipinski definition) is 2. The Balaban J connectivity index is 1.53. The monoisotopic (exact) mass is 306 g/mol. The van der Waals surface area contributed by atoms with Crippen molar-refractivity contribution in [3.63, 3.8) is 0 Å². The van der Waals surface area contributed by atoms with E-state index in [0.717, 1.165) is 32.8 Å². The molecule has 22 heavy (non-hydrogen) atoms. The third-order valence-electron chi connectivity index (χ3n) is 3.54. The second-order valence-corrected chi connectivity index (χ2v) is 5.12. The average molecular weight is 306 g/mol. The molecular formula is C14H18N4O4. The van der Waals surface area contributed by atoms with Gasteiger partial charge in [0.05, 0.1) is 18.8 Å². The molecule has 1 aromatic heterocycles. The topological polar surface area (TPSA) is 92.8 Å². The number of amides is 2. The zero-order chi connectivity index (χ0) is 15.4. The number of carbonyl (C=O) groups is 2. The summed E-state index contributed by atoms with van der Waals surface area (Å²) in [6, 6.07) is 1.57. The molecule has 0 saturated carbocycles. The van der Waals surface area contributed by atoms with E-state index in [0.29, 0.717) is 23.7 Å². The predicted molar refractivity (Wildman–Crippen MR) is 78.0 cm³/mol. The van der Waals surface area contributed by atoms with Crippen LogP contribution < -0.4 is 15.4 Å². The van der Waals surface area contributed by atoms with Gasteiger partial charge in [-0.15, -0.1) is 0 Å². The summed E-state index contributed by atoms with van der Waals surface area (Å²) in [7, 11) is 0. The molecule has 3 rings (SSSR count). The Hall–Kier alpha value is -2.19. The number of anilines is 1. The molecule has 0 spiro atoms. The number of pyridine rings is 1. The third-order valence-corrected chi connectivity index (χ3v) is 3.54. The number of fused-ring (bicyclic) bond motifs is 1. The zero-order valence-electron chi connectivity index (χ0n) is 12.1. The van der Waals surface area contributed by atoms with E-state index in [1.54, 1.807) is 6.07 Å². The van der Waals surface area contributed by atoms with Crippen molar-refractivity contribution >= 4 is 17.5 Å².